The number of anilines is 1. The van der Waals surface area contributed by atoms with Crippen LogP contribution >= 0.6 is 11.6 Å². The molecule has 18 heavy (non-hydrogen) atoms. The molecule has 4 heteroatoms. The molecule has 1 fully saturated rings. The smallest absolute Gasteiger partial charge is 0.226 e. The second-order valence-corrected chi connectivity index (χ2v) is 5.11. The van der Waals surface area contributed by atoms with Gasteiger partial charge < -0.3 is 10.1 Å². The summed E-state index contributed by atoms with van der Waals surface area (Å²) in [6, 6.07) is 5.53. The number of aryl methyl sites for hydroxylation is 1. The van der Waals surface area contributed by atoms with Crippen molar-refractivity contribution in [1.82, 2.24) is 0 Å². The zero-order chi connectivity index (χ0) is 13.0. The van der Waals surface area contributed by atoms with Crippen LogP contribution in [0.15, 0.2) is 18.2 Å². The number of hydrogen-bond donors (Lipinski definition) is 1. The van der Waals surface area contributed by atoms with E-state index < -0.39 is 0 Å². The standard InChI is InChI=1S/C14H18ClNO2/c1-10-5-6-11(8-13(10)15)16-14(17)9-12-4-2-3-7-18-12/h5-6,8,12H,2-4,7,9H2,1H3,(H,16,17). The zero-order valence-electron chi connectivity index (χ0n) is 10.5. The number of nitrogens with one attached hydrogen (secondary N) is 1. The summed E-state index contributed by atoms with van der Waals surface area (Å²) < 4.78 is 5.54. The molecule has 1 aliphatic rings. The lowest BCUT2D eigenvalue weighted by molar-refractivity contribution is -0.119. The first kappa shape index (κ1) is 13.4. The number of rotatable bonds is 3. The molecule has 98 valence electrons. The van der Waals surface area contributed by atoms with Crippen molar-refractivity contribution in [2.75, 3.05) is 11.9 Å². The Labute approximate surface area is 112 Å². The third-order valence-electron chi connectivity index (χ3n) is 3.14. The molecule has 1 unspecified atom stereocenters. The largest absolute Gasteiger partial charge is 0.378 e. The third-order valence-corrected chi connectivity index (χ3v) is 3.55. The highest BCUT2D eigenvalue weighted by Crippen LogP contribution is 2.21. The van der Waals surface area contributed by atoms with Crippen LogP contribution in [0.25, 0.3) is 0 Å². The molecule has 1 amide bonds. The molecule has 1 aromatic carbocycles. The third kappa shape index (κ3) is 3.72. The molecular weight excluding hydrogens is 250 g/mol. The van der Waals surface area contributed by atoms with Crippen molar-refractivity contribution in [3.63, 3.8) is 0 Å². The van der Waals surface area contributed by atoms with Crippen LogP contribution < -0.4 is 5.32 Å². The Morgan fingerprint density at radius 2 is 2.33 bits per heavy atom. The average molecular weight is 268 g/mol. The predicted molar refractivity (Wildman–Crippen MR) is 73.0 cm³/mol. The second kappa shape index (κ2) is 6.21. The van der Waals surface area contributed by atoms with Crippen molar-refractivity contribution in [3.05, 3.63) is 28.8 Å². The Morgan fingerprint density at radius 1 is 1.50 bits per heavy atom. The highest BCUT2D eigenvalue weighted by atomic mass is 35.5. The van der Waals surface area contributed by atoms with E-state index in [1.807, 2.05) is 19.1 Å². The highest BCUT2D eigenvalue weighted by molar-refractivity contribution is 6.31. The van der Waals surface area contributed by atoms with Crippen molar-refractivity contribution in [2.24, 2.45) is 0 Å². The molecule has 1 saturated heterocycles. The van der Waals surface area contributed by atoms with Gasteiger partial charge in [-0.2, -0.15) is 0 Å². The number of benzene rings is 1. The minimum Gasteiger partial charge on any atom is -0.378 e. The Hall–Kier alpha value is -1.06. The van der Waals surface area contributed by atoms with Gasteiger partial charge in [-0.25, -0.2) is 0 Å². The van der Waals surface area contributed by atoms with E-state index in [0.29, 0.717) is 11.4 Å². The summed E-state index contributed by atoms with van der Waals surface area (Å²) in [5.41, 5.74) is 1.75. The molecule has 0 radical (unpaired) electrons. The monoisotopic (exact) mass is 267 g/mol. The molecule has 0 aliphatic carbocycles. The predicted octanol–water partition coefficient (Wildman–Crippen LogP) is 3.55. The van der Waals surface area contributed by atoms with Gasteiger partial charge >= 0.3 is 0 Å². The van der Waals surface area contributed by atoms with Crippen LogP contribution in [-0.2, 0) is 9.53 Å². The van der Waals surface area contributed by atoms with Crippen molar-refractivity contribution in [2.45, 2.75) is 38.7 Å². The molecule has 0 aromatic heterocycles. The van der Waals surface area contributed by atoms with E-state index in [1.165, 1.54) is 0 Å². The molecule has 0 saturated carbocycles. The summed E-state index contributed by atoms with van der Waals surface area (Å²) in [5, 5.41) is 3.52. The van der Waals surface area contributed by atoms with Gasteiger partial charge in [0.15, 0.2) is 0 Å². The number of halogens is 1. The first-order valence-corrected chi connectivity index (χ1v) is 6.70. The van der Waals surface area contributed by atoms with E-state index in [4.69, 9.17) is 16.3 Å². The van der Waals surface area contributed by atoms with Crippen LogP contribution in [0.1, 0.15) is 31.2 Å². The highest BCUT2D eigenvalue weighted by Gasteiger charge is 2.17. The van der Waals surface area contributed by atoms with E-state index >= 15 is 0 Å². The normalized spacial score (nSPS) is 19.6. The number of carbonyl (C=O) groups excluding carboxylic acids is 1. The molecule has 1 heterocycles. The van der Waals surface area contributed by atoms with Gasteiger partial charge in [0.25, 0.3) is 0 Å². The first-order valence-electron chi connectivity index (χ1n) is 6.33. The summed E-state index contributed by atoms with van der Waals surface area (Å²) in [7, 11) is 0. The van der Waals surface area contributed by atoms with Crippen molar-refractivity contribution in [1.29, 1.82) is 0 Å². The van der Waals surface area contributed by atoms with E-state index in [-0.39, 0.29) is 12.0 Å². The van der Waals surface area contributed by atoms with Crippen LogP contribution in [0.5, 0.6) is 0 Å². The van der Waals surface area contributed by atoms with E-state index in [1.54, 1.807) is 6.07 Å². The van der Waals surface area contributed by atoms with Gasteiger partial charge in [-0.15, -0.1) is 0 Å². The maximum absolute atomic E-state index is 11.8. The van der Waals surface area contributed by atoms with Gasteiger partial charge in [0.2, 0.25) is 5.91 Å². The Morgan fingerprint density at radius 3 is 3.00 bits per heavy atom. The molecule has 0 bridgehead atoms. The zero-order valence-corrected chi connectivity index (χ0v) is 11.3. The van der Waals surface area contributed by atoms with E-state index in [9.17, 15) is 4.79 Å². The summed E-state index contributed by atoms with van der Waals surface area (Å²) in [6.45, 7) is 2.71. The van der Waals surface area contributed by atoms with Crippen molar-refractivity contribution < 1.29 is 9.53 Å². The molecule has 3 nitrogen and oxygen atoms in total. The maximum atomic E-state index is 11.8. The summed E-state index contributed by atoms with van der Waals surface area (Å²) in [4.78, 5) is 11.8. The van der Waals surface area contributed by atoms with Gasteiger partial charge in [0.05, 0.1) is 12.5 Å². The molecule has 1 N–H and O–H groups in total. The topological polar surface area (TPSA) is 38.3 Å². The Kier molecular flexibility index (Phi) is 4.61. The van der Waals surface area contributed by atoms with Gasteiger partial charge in [0.1, 0.15) is 0 Å². The quantitative estimate of drug-likeness (QED) is 0.910. The fourth-order valence-corrected chi connectivity index (χ4v) is 2.24. The average Bonchev–Trinajstić information content (AvgIpc) is 2.35. The lowest BCUT2D eigenvalue weighted by atomic mass is 10.1. The van der Waals surface area contributed by atoms with Crippen molar-refractivity contribution in [3.8, 4) is 0 Å². The second-order valence-electron chi connectivity index (χ2n) is 4.70. The van der Waals surface area contributed by atoms with Crippen LogP contribution in [-0.4, -0.2) is 18.6 Å². The first-order chi connectivity index (χ1) is 8.65. The minimum atomic E-state index is -0.0122. The summed E-state index contributed by atoms with van der Waals surface area (Å²) >= 11 is 6.01. The molecule has 2 rings (SSSR count). The number of hydrogen-bond acceptors (Lipinski definition) is 2. The Bertz CT molecular complexity index is 428. The lowest BCUT2D eigenvalue weighted by Gasteiger charge is -2.21. The number of ether oxygens (including phenoxy) is 1. The van der Waals surface area contributed by atoms with E-state index in [2.05, 4.69) is 5.32 Å². The molecule has 1 aromatic rings. The van der Waals surface area contributed by atoms with Crippen LogP contribution in [0.4, 0.5) is 5.69 Å². The fraction of sp³-hybridized carbons (Fsp3) is 0.500. The Balaban J connectivity index is 1.88. The van der Waals surface area contributed by atoms with Crippen LogP contribution in [0.3, 0.4) is 0 Å². The van der Waals surface area contributed by atoms with E-state index in [0.717, 1.165) is 37.1 Å². The number of amides is 1. The van der Waals surface area contributed by atoms with Crippen LogP contribution in [0.2, 0.25) is 5.02 Å². The molecule has 1 aliphatic heterocycles. The maximum Gasteiger partial charge on any atom is 0.226 e. The summed E-state index contributed by atoms with van der Waals surface area (Å²) in [5.74, 6) is -0.0122. The van der Waals surface area contributed by atoms with Gasteiger partial charge in [0, 0.05) is 17.3 Å². The SMILES string of the molecule is Cc1ccc(NC(=O)CC2CCCCO2)cc1Cl. The van der Waals surface area contributed by atoms with Crippen LogP contribution in [0, 0.1) is 6.92 Å². The van der Waals surface area contributed by atoms with Gasteiger partial charge in [-0.3, -0.25) is 4.79 Å². The molecule has 1 atom stereocenters. The van der Waals surface area contributed by atoms with Crippen molar-refractivity contribution >= 4 is 23.2 Å². The fourth-order valence-electron chi connectivity index (χ4n) is 2.06. The summed E-state index contributed by atoms with van der Waals surface area (Å²) in [6.07, 6.45) is 3.72. The number of carbonyl (C=O) groups is 1. The molecule has 0 spiro atoms. The minimum absolute atomic E-state index is 0.0122. The van der Waals surface area contributed by atoms with Gasteiger partial charge in [-0.1, -0.05) is 17.7 Å². The lowest BCUT2D eigenvalue weighted by Crippen LogP contribution is -2.25. The van der Waals surface area contributed by atoms with Gasteiger partial charge in [-0.05, 0) is 43.9 Å². The molecular formula is C14H18ClNO2.